The third-order valence-electron chi connectivity index (χ3n) is 2.80. The number of rotatable bonds is 6. The van der Waals surface area contributed by atoms with Crippen molar-refractivity contribution in [3.8, 4) is 0 Å². The van der Waals surface area contributed by atoms with Gasteiger partial charge in [0.1, 0.15) is 0 Å². The fourth-order valence-electron chi connectivity index (χ4n) is 2.14. The van der Waals surface area contributed by atoms with Crippen LogP contribution in [0.5, 0.6) is 0 Å². The molecule has 0 heterocycles. The topological polar surface area (TPSA) is 32.3 Å². The van der Waals surface area contributed by atoms with E-state index in [9.17, 15) is 4.79 Å². The Hall–Kier alpha value is -0.580. The summed E-state index contributed by atoms with van der Waals surface area (Å²) in [7, 11) is 4.02. The standard InChI is InChI=1S/C15H22BrClN2O/c1-10(2)5-14(9-19(3)4)18-15(20)11-6-12(16)8-13(17)7-11/h6-8,10,14H,5,9H2,1-4H3,(H,18,20). The molecule has 5 heteroatoms. The van der Waals surface area contributed by atoms with Crippen molar-refractivity contribution in [3.05, 3.63) is 33.3 Å². The molecule has 3 nitrogen and oxygen atoms in total. The molecule has 112 valence electrons. The van der Waals surface area contributed by atoms with E-state index in [-0.39, 0.29) is 11.9 Å². The molecule has 1 rings (SSSR count). The minimum atomic E-state index is -0.0827. The molecule has 1 N–H and O–H groups in total. The van der Waals surface area contributed by atoms with Crippen molar-refractivity contribution in [1.82, 2.24) is 10.2 Å². The number of hydrogen-bond donors (Lipinski definition) is 1. The zero-order valence-electron chi connectivity index (χ0n) is 12.4. The molecule has 20 heavy (non-hydrogen) atoms. The lowest BCUT2D eigenvalue weighted by molar-refractivity contribution is 0.0924. The van der Waals surface area contributed by atoms with Crippen LogP contribution in [0.25, 0.3) is 0 Å². The number of benzene rings is 1. The highest BCUT2D eigenvalue weighted by molar-refractivity contribution is 9.10. The average molecular weight is 362 g/mol. The number of amides is 1. The molecule has 0 aliphatic heterocycles. The van der Waals surface area contributed by atoms with Crippen LogP contribution in [0.3, 0.4) is 0 Å². The van der Waals surface area contributed by atoms with Crippen molar-refractivity contribution in [2.24, 2.45) is 5.92 Å². The summed E-state index contributed by atoms with van der Waals surface area (Å²) in [5.74, 6) is 0.451. The van der Waals surface area contributed by atoms with E-state index in [1.54, 1.807) is 18.2 Å². The molecule has 0 radical (unpaired) electrons. The summed E-state index contributed by atoms with van der Waals surface area (Å²) in [5, 5.41) is 3.64. The molecule has 1 unspecified atom stereocenters. The van der Waals surface area contributed by atoms with Crippen LogP contribution in [0.4, 0.5) is 0 Å². The molecule has 0 aliphatic rings. The summed E-state index contributed by atoms with van der Waals surface area (Å²) in [6.45, 7) is 5.14. The van der Waals surface area contributed by atoms with Gasteiger partial charge in [-0.25, -0.2) is 0 Å². The van der Waals surface area contributed by atoms with E-state index in [2.05, 4.69) is 40.0 Å². The predicted octanol–water partition coefficient (Wildman–Crippen LogP) is 3.81. The second-order valence-corrected chi connectivity index (χ2v) is 7.07. The smallest absolute Gasteiger partial charge is 0.251 e. The third kappa shape index (κ3) is 6.25. The fourth-order valence-corrected chi connectivity index (χ4v) is 3.00. The van der Waals surface area contributed by atoms with Crippen LogP contribution in [-0.4, -0.2) is 37.5 Å². The summed E-state index contributed by atoms with van der Waals surface area (Å²) in [4.78, 5) is 14.4. The van der Waals surface area contributed by atoms with Gasteiger partial charge in [-0.15, -0.1) is 0 Å². The second-order valence-electron chi connectivity index (χ2n) is 5.72. The zero-order chi connectivity index (χ0) is 15.3. The maximum atomic E-state index is 12.3. The number of nitrogens with zero attached hydrogens (tertiary/aromatic N) is 1. The Kier molecular flexibility index (Phi) is 7.00. The van der Waals surface area contributed by atoms with Crippen molar-refractivity contribution in [2.45, 2.75) is 26.3 Å². The lowest BCUT2D eigenvalue weighted by atomic mass is 10.0. The van der Waals surface area contributed by atoms with Crippen LogP contribution in [0.15, 0.2) is 22.7 Å². The molecule has 0 fully saturated rings. The van der Waals surface area contributed by atoms with E-state index in [0.29, 0.717) is 16.5 Å². The Morgan fingerprint density at radius 1 is 1.35 bits per heavy atom. The average Bonchev–Trinajstić information content (AvgIpc) is 2.25. The molecule has 0 aromatic heterocycles. The summed E-state index contributed by atoms with van der Waals surface area (Å²) < 4.78 is 0.808. The molecule has 0 saturated carbocycles. The van der Waals surface area contributed by atoms with Gasteiger partial charge in [0, 0.05) is 27.6 Å². The number of carbonyl (C=O) groups excluding carboxylic acids is 1. The second kappa shape index (κ2) is 8.01. The van der Waals surface area contributed by atoms with Gasteiger partial charge in [0.05, 0.1) is 0 Å². The summed E-state index contributed by atoms with van der Waals surface area (Å²) in [6, 6.07) is 5.37. The number of nitrogens with one attached hydrogen (secondary N) is 1. The number of carbonyl (C=O) groups is 1. The van der Waals surface area contributed by atoms with E-state index in [1.165, 1.54) is 0 Å². The van der Waals surface area contributed by atoms with Crippen molar-refractivity contribution >= 4 is 33.4 Å². The van der Waals surface area contributed by atoms with E-state index < -0.39 is 0 Å². The molecule has 0 saturated heterocycles. The fraction of sp³-hybridized carbons (Fsp3) is 0.533. The highest BCUT2D eigenvalue weighted by atomic mass is 79.9. The Bertz CT molecular complexity index is 433. The van der Waals surface area contributed by atoms with Crippen LogP contribution in [-0.2, 0) is 0 Å². The zero-order valence-corrected chi connectivity index (χ0v) is 14.8. The minimum Gasteiger partial charge on any atom is -0.348 e. The van der Waals surface area contributed by atoms with Crippen LogP contribution < -0.4 is 5.32 Å². The van der Waals surface area contributed by atoms with Crippen LogP contribution in [0, 0.1) is 5.92 Å². The predicted molar refractivity (Wildman–Crippen MR) is 88.4 cm³/mol. The van der Waals surface area contributed by atoms with E-state index in [4.69, 9.17) is 11.6 Å². The van der Waals surface area contributed by atoms with Crippen molar-refractivity contribution in [3.63, 3.8) is 0 Å². The summed E-state index contributed by atoms with van der Waals surface area (Å²) in [6.07, 6.45) is 0.950. The third-order valence-corrected chi connectivity index (χ3v) is 3.48. The lowest BCUT2D eigenvalue weighted by Gasteiger charge is -2.24. The van der Waals surface area contributed by atoms with E-state index in [0.717, 1.165) is 17.4 Å². The van der Waals surface area contributed by atoms with Crippen LogP contribution in [0.2, 0.25) is 5.02 Å². The van der Waals surface area contributed by atoms with Crippen molar-refractivity contribution in [2.75, 3.05) is 20.6 Å². The molecule has 1 aromatic rings. The van der Waals surface area contributed by atoms with Crippen molar-refractivity contribution in [1.29, 1.82) is 0 Å². The molecular weight excluding hydrogens is 340 g/mol. The van der Waals surface area contributed by atoms with E-state index >= 15 is 0 Å². The molecule has 1 amide bonds. The molecule has 1 aromatic carbocycles. The van der Waals surface area contributed by atoms with Gasteiger partial charge in [0.25, 0.3) is 5.91 Å². The summed E-state index contributed by atoms with van der Waals surface area (Å²) >= 11 is 9.34. The first-order valence-corrected chi connectivity index (χ1v) is 7.86. The molecule has 1 atom stereocenters. The molecule has 0 spiro atoms. The van der Waals surface area contributed by atoms with E-state index in [1.807, 2.05) is 14.1 Å². The van der Waals surface area contributed by atoms with Gasteiger partial charge in [0.2, 0.25) is 0 Å². The Morgan fingerprint density at radius 2 is 2.00 bits per heavy atom. The maximum absolute atomic E-state index is 12.3. The first kappa shape index (κ1) is 17.5. The SMILES string of the molecule is CC(C)CC(CN(C)C)NC(=O)c1cc(Cl)cc(Br)c1. The largest absolute Gasteiger partial charge is 0.348 e. The monoisotopic (exact) mass is 360 g/mol. The lowest BCUT2D eigenvalue weighted by Crippen LogP contribution is -2.42. The van der Waals surface area contributed by atoms with Crippen LogP contribution in [0.1, 0.15) is 30.6 Å². The maximum Gasteiger partial charge on any atom is 0.251 e. The number of hydrogen-bond acceptors (Lipinski definition) is 2. The van der Waals surface area contributed by atoms with Gasteiger partial charge in [0.15, 0.2) is 0 Å². The molecular formula is C15H22BrClN2O. The van der Waals surface area contributed by atoms with Gasteiger partial charge in [-0.1, -0.05) is 41.4 Å². The van der Waals surface area contributed by atoms with Crippen molar-refractivity contribution < 1.29 is 4.79 Å². The van der Waals surface area contributed by atoms with Crippen LogP contribution >= 0.6 is 27.5 Å². The van der Waals surface area contributed by atoms with Gasteiger partial charge in [-0.05, 0) is 44.6 Å². The Balaban J connectivity index is 2.78. The van der Waals surface area contributed by atoms with Gasteiger partial charge in [-0.3, -0.25) is 4.79 Å². The highest BCUT2D eigenvalue weighted by Crippen LogP contribution is 2.19. The van der Waals surface area contributed by atoms with Gasteiger partial charge in [-0.2, -0.15) is 0 Å². The Morgan fingerprint density at radius 3 is 2.50 bits per heavy atom. The minimum absolute atomic E-state index is 0.0827. The first-order chi connectivity index (χ1) is 9.27. The normalized spacial score (nSPS) is 12.8. The number of likely N-dealkylation sites (N-methyl/N-ethyl adjacent to an activating group) is 1. The molecule has 0 bridgehead atoms. The number of halogens is 2. The highest BCUT2D eigenvalue weighted by Gasteiger charge is 2.16. The quantitative estimate of drug-likeness (QED) is 0.835. The van der Waals surface area contributed by atoms with Gasteiger partial charge < -0.3 is 10.2 Å². The van der Waals surface area contributed by atoms with Gasteiger partial charge >= 0.3 is 0 Å². The first-order valence-electron chi connectivity index (χ1n) is 6.69. The Labute approximate surface area is 134 Å². The summed E-state index contributed by atoms with van der Waals surface area (Å²) in [5.41, 5.74) is 0.580. The molecule has 0 aliphatic carbocycles.